The van der Waals surface area contributed by atoms with Crippen molar-refractivity contribution in [2.24, 2.45) is 0 Å². The van der Waals surface area contributed by atoms with Gasteiger partial charge in [-0.15, -0.1) is 5.23 Å². The summed E-state index contributed by atoms with van der Waals surface area (Å²) < 4.78 is 7.13. The Hall–Kier alpha value is -5.48. The lowest BCUT2D eigenvalue weighted by Gasteiger charge is -2.32. The molecule has 0 aliphatic carbocycles. The zero-order chi connectivity index (χ0) is 26.2. The smallest absolute Gasteiger partial charge is 0.0747 e. The van der Waals surface area contributed by atoms with Crippen molar-refractivity contribution in [1.82, 2.24) is 14.0 Å². The predicted molar refractivity (Wildman–Crippen MR) is 167 cm³/mol. The van der Waals surface area contributed by atoms with Crippen molar-refractivity contribution in [1.29, 1.82) is 0 Å². The van der Waals surface area contributed by atoms with Crippen LogP contribution in [-0.2, 0) is 0 Å². The van der Waals surface area contributed by atoms with E-state index in [2.05, 4.69) is 165 Å². The highest BCUT2D eigenvalue weighted by Crippen LogP contribution is 2.37. The molecule has 188 valence electrons. The third-order valence-electron chi connectivity index (χ3n) is 8.20. The van der Waals surface area contributed by atoms with Crippen LogP contribution in [0, 0.1) is 0 Å². The summed E-state index contributed by atoms with van der Waals surface area (Å²) in [6.45, 7) is 0. The summed E-state index contributed by atoms with van der Waals surface area (Å²) in [5.74, 6) is 0. The van der Waals surface area contributed by atoms with Crippen molar-refractivity contribution in [2.45, 2.75) is 0 Å². The molecule has 0 aliphatic heterocycles. The first-order chi connectivity index (χ1) is 19.9. The Morgan fingerprint density at radius 2 is 0.425 bits per heavy atom. The van der Waals surface area contributed by atoms with Gasteiger partial charge in [-0.3, -0.25) is 0 Å². The highest BCUT2D eigenvalue weighted by molar-refractivity contribution is 6.12. The summed E-state index contributed by atoms with van der Waals surface area (Å²) in [4.78, 5) is 0. The SMILES string of the molecule is c1ccc2c(c1)c1ccccc1n2N(n1c2ccccc2c2ccccc21)n1c2ccccc2c2ccccc21. The molecule has 0 amide bonds. The van der Waals surface area contributed by atoms with E-state index in [0.29, 0.717) is 0 Å². The molecule has 9 aromatic rings. The van der Waals surface area contributed by atoms with Crippen LogP contribution in [0.1, 0.15) is 0 Å². The van der Waals surface area contributed by atoms with Gasteiger partial charge in [-0.1, -0.05) is 109 Å². The number of hydrogen-bond donors (Lipinski definition) is 0. The summed E-state index contributed by atoms with van der Waals surface area (Å²) in [6, 6.07) is 52.3. The maximum Gasteiger partial charge on any atom is 0.0747 e. The standard InChI is InChI=1S/C36H24N4/c1-7-19-31-25(13-1)26-14-2-8-20-32(26)37(31)40(38-33-21-9-3-15-27(33)28-16-4-10-22-34(28)38)39-35-23-11-5-17-29(35)30-18-6-12-24-36(30)39/h1-24H. The topological polar surface area (TPSA) is 18.0 Å². The highest BCUT2D eigenvalue weighted by Gasteiger charge is 2.25. The molecule has 0 radical (unpaired) electrons. The van der Waals surface area contributed by atoms with Crippen molar-refractivity contribution in [3.63, 3.8) is 0 Å². The van der Waals surface area contributed by atoms with Crippen molar-refractivity contribution in [3.8, 4) is 0 Å². The van der Waals surface area contributed by atoms with Crippen LogP contribution in [0.25, 0.3) is 65.4 Å². The van der Waals surface area contributed by atoms with Gasteiger partial charge in [-0.05, 0) is 36.4 Å². The minimum Gasteiger partial charge on any atom is -0.218 e. The van der Waals surface area contributed by atoms with Crippen LogP contribution < -0.4 is 5.23 Å². The Morgan fingerprint density at radius 1 is 0.250 bits per heavy atom. The fourth-order valence-corrected chi connectivity index (χ4v) is 6.55. The molecule has 0 unspecified atom stereocenters. The Balaban J connectivity index is 1.56. The molecule has 3 aromatic heterocycles. The molecular weight excluding hydrogens is 488 g/mol. The molecule has 4 heteroatoms. The lowest BCUT2D eigenvalue weighted by atomic mass is 10.2. The van der Waals surface area contributed by atoms with Crippen LogP contribution in [0.15, 0.2) is 146 Å². The van der Waals surface area contributed by atoms with E-state index >= 15 is 0 Å². The molecule has 3 heterocycles. The summed E-state index contributed by atoms with van der Waals surface area (Å²) in [7, 11) is 0. The van der Waals surface area contributed by atoms with Crippen molar-refractivity contribution in [3.05, 3.63) is 146 Å². The first kappa shape index (κ1) is 21.5. The maximum atomic E-state index is 2.38. The van der Waals surface area contributed by atoms with Crippen molar-refractivity contribution in [2.75, 3.05) is 5.23 Å². The third-order valence-corrected chi connectivity index (χ3v) is 8.20. The average Bonchev–Trinajstić information content (AvgIpc) is 3.65. The molecule has 0 atom stereocenters. The zero-order valence-corrected chi connectivity index (χ0v) is 21.6. The number of rotatable bonds is 3. The van der Waals surface area contributed by atoms with Crippen LogP contribution in [0.5, 0.6) is 0 Å². The molecule has 0 spiro atoms. The second-order valence-corrected chi connectivity index (χ2v) is 10.3. The van der Waals surface area contributed by atoms with Crippen LogP contribution in [0.4, 0.5) is 0 Å². The van der Waals surface area contributed by atoms with Gasteiger partial charge >= 0.3 is 0 Å². The Labute approximate surface area is 230 Å². The lowest BCUT2D eigenvalue weighted by molar-refractivity contribution is 0.513. The molecule has 0 fully saturated rings. The van der Waals surface area contributed by atoms with Gasteiger partial charge in [-0.25, -0.2) is 14.0 Å². The highest BCUT2D eigenvalue weighted by atomic mass is 15.9. The molecular formula is C36H24N4. The van der Waals surface area contributed by atoms with Crippen LogP contribution in [0.2, 0.25) is 0 Å². The molecule has 0 aliphatic rings. The van der Waals surface area contributed by atoms with E-state index in [9.17, 15) is 0 Å². The number of fused-ring (bicyclic) bond motifs is 9. The Morgan fingerprint density at radius 3 is 0.625 bits per heavy atom. The second kappa shape index (κ2) is 8.01. The van der Waals surface area contributed by atoms with E-state index in [1.54, 1.807) is 0 Å². The number of aromatic nitrogens is 3. The minimum absolute atomic E-state index is 1.15. The quantitative estimate of drug-likeness (QED) is 0.231. The largest absolute Gasteiger partial charge is 0.218 e. The molecule has 0 saturated carbocycles. The Bertz CT molecular complexity index is 1970. The number of hydrogen-bond acceptors (Lipinski definition) is 1. The van der Waals surface area contributed by atoms with Gasteiger partial charge < -0.3 is 0 Å². The number of benzene rings is 6. The summed E-state index contributed by atoms with van der Waals surface area (Å²) >= 11 is 0. The monoisotopic (exact) mass is 512 g/mol. The Kier molecular flexibility index (Phi) is 4.30. The molecule has 9 rings (SSSR count). The van der Waals surface area contributed by atoms with E-state index in [-0.39, 0.29) is 0 Å². The van der Waals surface area contributed by atoms with Gasteiger partial charge in [0.15, 0.2) is 0 Å². The maximum absolute atomic E-state index is 2.38. The van der Waals surface area contributed by atoms with Gasteiger partial charge in [0.05, 0.1) is 33.1 Å². The first-order valence-electron chi connectivity index (χ1n) is 13.7. The first-order valence-corrected chi connectivity index (χ1v) is 13.7. The minimum atomic E-state index is 1.15. The van der Waals surface area contributed by atoms with Gasteiger partial charge in [0.1, 0.15) is 0 Å². The van der Waals surface area contributed by atoms with E-state index in [0.717, 1.165) is 33.1 Å². The number of para-hydroxylation sites is 6. The fourth-order valence-electron chi connectivity index (χ4n) is 6.55. The summed E-state index contributed by atoms with van der Waals surface area (Å²) in [5.41, 5.74) is 6.87. The normalized spacial score (nSPS) is 12.0. The lowest BCUT2D eigenvalue weighted by Crippen LogP contribution is -2.43. The van der Waals surface area contributed by atoms with Gasteiger partial charge in [0.25, 0.3) is 0 Å². The fraction of sp³-hybridized carbons (Fsp3) is 0. The van der Waals surface area contributed by atoms with Crippen molar-refractivity contribution < 1.29 is 0 Å². The molecule has 0 saturated heterocycles. The zero-order valence-electron chi connectivity index (χ0n) is 21.6. The summed E-state index contributed by atoms with van der Waals surface area (Å²) in [6.07, 6.45) is 0. The number of nitrogens with zero attached hydrogens (tertiary/aromatic N) is 4. The molecule has 0 N–H and O–H groups in total. The molecule has 4 nitrogen and oxygen atoms in total. The summed E-state index contributed by atoms with van der Waals surface area (Å²) in [5, 5.41) is 9.71. The van der Waals surface area contributed by atoms with E-state index in [4.69, 9.17) is 0 Å². The van der Waals surface area contributed by atoms with Crippen LogP contribution >= 0.6 is 0 Å². The van der Waals surface area contributed by atoms with Crippen molar-refractivity contribution >= 4 is 65.4 Å². The molecule has 40 heavy (non-hydrogen) atoms. The molecule has 0 bridgehead atoms. The average molecular weight is 513 g/mol. The van der Waals surface area contributed by atoms with Gasteiger partial charge in [0, 0.05) is 32.3 Å². The van der Waals surface area contributed by atoms with E-state index in [1.165, 1.54) is 32.3 Å². The van der Waals surface area contributed by atoms with Gasteiger partial charge in [-0.2, -0.15) is 0 Å². The molecule has 6 aromatic carbocycles. The van der Waals surface area contributed by atoms with E-state index < -0.39 is 0 Å². The third kappa shape index (κ3) is 2.74. The second-order valence-electron chi connectivity index (χ2n) is 10.3. The van der Waals surface area contributed by atoms with Gasteiger partial charge in [0.2, 0.25) is 0 Å². The van der Waals surface area contributed by atoms with Crippen LogP contribution in [0.3, 0.4) is 0 Å². The van der Waals surface area contributed by atoms with E-state index in [1.807, 2.05) is 0 Å². The van der Waals surface area contributed by atoms with Crippen LogP contribution in [-0.4, -0.2) is 14.0 Å². The predicted octanol–water partition coefficient (Wildman–Crippen LogP) is 8.87.